The van der Waals surface area contributed by atoms with Crippen LogP contribution in [-0.4, -0.2) is 50.6 Å². The maximum absolute atomic E-state index is 12.1. The minimum absolute atomic E-state index is 0.0735. The van der Waals surface area contributed by atoms with Crippen LogP contribution in [0.5, 0.6) is 0 Å². The number of carbonyl (C=O) groups is 1. The summed E-state index contributed by atoms with van der Waals surface area (Å²) in [4.78, 5) is 11.4. The molecule has 2 N–H and O–H groups in total. The minimum Gasteiger partial charge on any atom is -0.446 e. The molecule has 1 rings (SSSR count). The molecule has 8 heteroatoms. The molecule has 19 heavy (non-hydrogen) atoms. The molecular formula is C11H23N3O4S. The molecule has 112 valence electrons. The number of amides is 1. The van der Waals surface area contributed by atoms with Gasteiger partial charge in [0.15, 0.2) is 0 Å². The normalized spacial score (nSPS) is 17.7. The van der Waals surface area contributed by atoms with Crippen LogP contribution in [0, 0.1) is 0 Å². The zero-order valence-corrected chi connectivity index (χ0v) is 12.5. The molecule has 0 radical (unpaired) electrons. The first kappa shape index (κ1) is 16.2. The van der Waals surface area contributed by atoms with E-state index in [4.69, 9.17) is 4.74 Å². The summed E-state index contributed by atoms with van der Waals surface area (Å²) in [5.41, 5.74) is 0. The molecule has 0 aromatic rings. The standard InChI is InChI=1S/C11H23N3O4S/c1-4-14(10-5-7-12-8-6-10)19(16,17)13-11(15)18-9(2)3/h9-10,12H,4-8H2,1-3H3,(H,13,15). The molecule has 1 fully saturated rings. The Hall–Kier alpha value is -0.860. The maximum atomic E-state index is 12.1. The second-order valence-electron chi connectivity index (χ2n) is 4.75. The van der Waals surface area contributed by atoms with E-state index >= 15 is 0 Å². The van der Waals surface area contributed by atoms with Crippen molar-refractivity contribution in [2.45, 2.75) is 45.8 Å². The monoisotopic (exact) mass is 293 g/mol. The number of hydrogen-bond acceptors (Lipinski definition) is 5. The van der Waals surface area contributed by atoms with Crippen molar-refractivity contribution in [1.82, 2.24) is 14.3 Å². The molecule has 0 saturated carbocycles. The first-order valence-corrected chi connectivity index (χ1v) is 8.01. The summed E-state index contributed by atoms with van der Waals surface area (Å²) in [5, 5.41) is 3.18. The van der Waals surface area contributed by atoms with Gasteiger partial charge in [-0.05, 0) is 39.8 Å². The molecule has 1 aliphatic rings. The average molecular weight is 293 g/mol. The Balaban J connectivity index is 2.69. The fourth-order valence-corrected chi connectivity index (χ4v) is 3.44. The minimum atomic E-state index is -3.84. The van der Waals surface area contributed by atoms with Crippen molar-refractivity contribution in [3.63, 3.8) is 0 Å². The highest BCUT2D eigenvalue weighted by atomic mass is 32.2. The molecule has 1 saturated heterocycles. The largest absolute Gasteiger partial charge is 0.446 e. The number of rotatable bonds is 5. The Kier molecular flexibility index (Phi) is 6.02. The average Bonchev–Trinajstić information content (AvgIpc) is 2.28. The molecule has 0 aromatic heterocycles. The number of carbonyl (C=O) groups excluding carboxylic acids is 1. The molecule has 0 spiro atoms. The quantitative estimate of drug-likeness (QED) is 0.768. The molecule has 0 bridgehead atoms. The van der Waals surface area contributed by atoms with Crippen LogP contribution in [-0.2, 0) is 14.9 Å². The summed E-state index contributed by atoms with van der Waals surface area (Å²) < 4.78 is 32.4. The van der Waals surface area contributed by atoms with E-state index in [1.54, 1.807) is 20.8 Å². The second-order valence-corrected chi connectivity index (χ2v) is 6.37. The van der Waals surface area contributed by atoms with Gasteiger partial charge in [0, 0.05) is 12.6 Å². The van der Waals surface area contributed by atoms with E-state index in [1.807, 2.05) is 4.72 Å². The van der Waals surface area contributed by atoms with Gasteiger partial charge in [0.05, 0.1) is 6.10 Å². The summed E-state index contributed by atoms with van der Waals surface area (Å²) in [5.74, 6) is 0. The van der Waals surface area contributed by atoms with Gasteiger partial charge in [-0.15, -0.1) is 0 Å². The number of piperidine rings is 1. The molecule has 0 unspecified atom stereocenters. The highest BCUT2D eigenvalue weighted by Crippen LogP contribution is 2.15. The van der Waals surface area contributed by atoms with Crippen molar-refractivity contribution < 1.29 is 17.9 Å². The predicted octanol–water partition coefficient (Wildman–Crippen LogP) is 0.440. The van der Waals surface area contributed by atoms with E-state index in [2.05, 4.69) is 5.32 Å². The van der Waals surface area contributed by atoms with Crippen LogP contribution < -0.4 is 10.0 Å². The molecule has 1 aliphatic heterocycles. The molecule has 0 aliphatic carbocycles. The number of nitrogens with one attached hydrogen (secondary N) is 2. The van der Waals surface area contributed by atoms with Crippen LogP contribution in [0.2, 0.25) is 0 Å². The van der Waals surface area contributed by atoms with Crippen LogP contribution in [0.15, 0.2) is 0 Å². The van der Waals surface area contributed by atoms with Crippen LogP contribution in [0.3, 0.4) is 0 Å². The topological polar surface area (TPSA) is 87.7 Å². The highest BCUT2D eigenvalue weighted by molar-refractivity contribution is 7.87. The van der Waals surface area contributed by atoms with Crippen molar-refractivity contribution in [3.05, 3.63) is 0 Å². The predicted molar refractivity (Wildman–Crippen MR) is 71.9 cm³/mol. The van der Waals surface area contributed by atoms with E-state index in [0.29, 0.717) is 6.54 Å². The van der Waals surface area contributed by atoms with Crippen LogP contribution >= 0.6 is 0 Å². The number of nitrogens with zero attached hydrogens (tertiary/aromatic N) is 1. The van der Waals surface area contributed by atoms with Gasteiger partial charge in [-0.25, -0.2) is 9.52 Å². The molecule has 1 amide bonds. The Morgan fingerprint density at radius 3 is 2.47 bits per heavy atom. The molecule has 7 nitrogen and oxygen atoms in total. The van der Waals surface area contributed by atoms with E-state index in [1.165, 1.54) is 4.31 Å². The van der Waals surface area contributed by atoms with Gasteiger partial charge >= 0.3 is 16.3 Å². The van der Waals surface area contributed by atoms with Gasteiger partial charge in [-0.1, -0.05) is 6.92 Å². The summed E-state index contributed by atoms with van der Waals surface area (Å²) in [6.07, 6.45) is 0.202. The maximum Gasteiger partial charge on any atom is 0.422 e. The van der Waals surface area contributed by atoms with E-state index < -0.39 is 16.3 Å². The van der Waals surface area contributed by atoms with E-state index in [9.17, 15) is 13.2 Å². The van der Waals surface area contributed by atoms with Crippen molar-refractivity contribution in [1.29, 1.82) is 0 Å². The van der Waals surface area contributed by atoms with E-state index in [0.717, 1.165) is 25.9 Å². The lowest BCUT2D eigenvalue weighted by Gasteiger charge is -2.32. The lowest BCUT2D eigenvalue weighted by molar-refractivity contribution is 0.120. The lowest BCUT2D eigenvalue weighted by Crippen LogP contribution is -2.51. The van der Waals surface area contributed by atoms with Gasteiger partial charge in [-0.2, -0.15) is 12.7 Å². The van der Waals surface area contributed by atoms with Crippen molar-refractivity contribution in [2.75, 3.05) is 19.6 Å². The molecule has 0 aromatic carbocycles. The summed E-state index contributed by atoms with van der Waals surface area (Å²) in [7, 11) is -3.84. The Bertz CT molecular complexity index is 391. The fraction of sp³-hybridized carbons (Fsp3) is 0.909. The summed E-state index contributed by atoms with van der Waals surface area (Å²) >= 11 is 0. The number of hydrogen-bond donors (Lipinski definition) is 2. The van der Waals surface area contributed by atoms with Crippen LogP contribution in [0.1, 0.15) is 33.6 Å². The third-order valence-corrected chi connectivity index (χ3v) is 4.49. The van der Waals surface area contributed by atoms with Gasteiger partial charge in [0.25, 0.3) is 0 Å². The Morgan fingerprint density at radius 1 is 1.42 bits per heavy atom. The Morgan fingerprint density at radius 2 is 2.00 bits per heavy atom. The number of ether oxygens (including phenoxy) is 1. The molecular weight excluding hydrogens is 270 g/mol. The summed E-state index contributed by atoms with van der Waals surface area (Å²) in [6, 6.07) is -0.0735. The first-order valence-electron chi connectivity index (χ1n) is 6.57. The van der Waals surface area contributed by atoms with Gasteiger partial charge in [0.2, 0.25) is 0 Å². The van der Waals surface area contributed by atoms with Crippen LogP contribution in [0.4, 0.5) is 4.79 Å². The Labute approximate surface area is 114 Å². The molecule has 1 heterocycles. The third-order valence-electron chi connectivity index (χ3n) is 2.89. The van der Waals surface area contributed by atoms with Gasteiger partial charge in [0.1, 0.15) is 0 Å². The zero-order valence-electron chi connectivity index (χ0n) is 11.7. The van der Waals surface area contributed by atoms with Gasteiger partial charge in [-0.3, -0.25) is 0 Å². The van der Waals surface area contributed by atoms with Crippen LogP contribution in [0.25, 0.3) is 0 Å². The van der Waals surface area contributed by atoms with Gasteiger partial charge < -0.3 is 10.1 Å². The zero-order chi connectivity index (χ0) is 14.5. The second kappa shape index (κ2) is 7.06. The summed E-state index contributed by atoms with van der Waals surface area (Å²) in [6.45, 7) is 6.98. The van der Waals surface area contributed by atoms with Crippen molar-refractivity contribution in [3.8, 4) is 0 Å². The molecule has 0 atom stereocenters. The smallest absolute Gasteiger partial charge is 0.422 e. The first-order chi connectivity index (χ1) is 8.86. The van der Waals surface area contributed by atoms with Crippen molar-refractivity contribution in [2.24, 2.45) is 0 Å². The van der Waals surface area contributed by atoms with E-state index in [-0.39, 0.29) is 12.1 Å². The fourth-order valence-electron chi connectivity index (χ4n) is 2.12. The highest BCUT2D eigenvalue weighted by Gasteiger charge is 2.31. The third kappa shape index (κ3) is 4.96. The SMILES string of the molecule is CCN(C1CCNCC1)S(=O)(=O)NC(=O)OC(C)C. The van der Waals surface area contributed by atoms with Crippen molar-refractivity contribution >= 4 is 16.3 Å². The lowest BCUT2D eigenvalue weighted by atomic mass is 10.1.